The van der Waals surface area contributed by atoms with Crippen molar-refractivity contribution in [3.63, 3.8) is 0 Å². The predicted octanol–water partition coefficient (Wildman–Crippen LogP) is 1.79. The Hall–Kier alpha value is -2.10. The number of rotatable bonds is 1. The van der Waals surface area contributed by atoms with Gasteiger partial charge in [0.1, 0.15) is 0 Å². The minimum Gasteiger partial charge on any atom is -0.454 e. The Balaban J connectivity index is 2.17. The first-order valence-corrected chi connectivity index (χ1v) is 4.67. The molecule has 4 heteroatoms. The van der Waals surface area contributed by atoms with Gasteiger partial charge in [0.05, 0.1) is 11.4 Å². The zero-order chi connectivity index (χ0) is 10.3. The average molecular weight is 202 g/mol. The number of hydrogen-bond acceptors (Lipinski definition) is 3. The summed E-state index contributed by atoms with van der Waals surface area (Å²) in [5, 5.41) is 0. The Labute approximate surface area is 86.8 Å². The van der Waals surface area contributed by atoms with Crippen molar-refractivity contribution in [2.24, 2.45) is 0 Å². The van der Waals surface area contributed by atoms with E-state index in [0.29, 0.717) is 11.4 Å². The van der Waals surface area contributed by atoms with E-state index in [4.69, 9.17) is 15.2 Å². The minimum atomic E-state index is 0.268. The summed E-state index contributed by atoms with van der Waals surface area (Å²) in [6.45, 7) is 0.268. The van der Waals surface area contributed by atoms with E-state index in [9.17, 15) is 0 Å². The van der Waals surface area contributed by atoms with E-state index in [1.807, 2.05) is 35.2 Å². The molecule has 0 saturated carbocycles. The molecule has 0 radical (unpaired) electrons. The van der Waals surface area contributed by atoms with Gasteiger partial charge in [-0.1, -0.05) is 0 Å². The Bertz CT molecular complexity index is 492. The fraction of sp³-hybridized carbons (Fsp3) is 0.0909. The first kappa shape index (κ1) is 8.23. The van der Waals surface area contributed by atoms with Gasteiger partial charge in [-0.2, -0.15) is 0 Å². The van der Waals surface area contributed by atoms with Crippen LogP contribution in [0, 0.1) is 0 Å². The van der Waals surface area contributed by atoms with Crippen molar-refractivity contribution >= 4 is 5.69 Å². The lowest BCUT2D eigenvalue weighted by atomic mass is 10.2. The summed E-state index contributed by atoms with van der Waals surface area (Å²) >= 11 is 0. The maximum atomic E-state index is 5.93. The smallest absolute Gasteiger partial charge is 0.231 e. The van der Waals surface area contributed by atoms with Crippen molar-refractivity contribution < 1.29 is 9.47 Å². The molecule has 1 aliphatic rings. The van der Waals surface area contributed by atoms with E-state index in [1.165, 1.54) is 0 Å². The molecule has 0 unspecified atom stereocenters. The summed E-state index contributed by atoms with van der Waals surface area (Å²) in [6.07, 6.45) is 3.88. The van der Waals surface area contributed by atoms with Crippen LogP contribution in [0.25, 0.3) is 5.69 Å². The van der Waals surface area contributed by atoms with Gasteiger partial charge in [-0.05, 0) is 12.1 Å². The second kappa shape index (κ2) is 2.95. The summed E-state index contributed by atoms with van der Waals surface area (Å²) in [7, 11) is 0. The fourth-order valence-electron chi connectivity index (χ4n) is 1.67. The van der Waals surface area contributed by atoms with Gasteiger partial charge in [0, 0.05) is 24.5 Å². The standard InChI is InChI=1S/C11H10N2O2/c12-8-5-10-11(15-7-14-10)6-9(8)13-3-1-2-4-13/h1-6H,7,12H2. The quantitative estimate of drug-likeness (QED) is 0.717. The maximum absolute atomic E-state index is 5.93. The van der Waals surface area contributed by atoms with Crippen molar-refractivity contribution in [1.29, 1.82) is 0 Å². The molecule has 76 valence electrons. The molecule has 1 aromatic carbocycles. The lowest BCUT2D eigenvalue weighted by molar-refractivity contribution is 0.174. The van der Waals surface area contributed by atoms with Crippen molar-refractivity contribution in [3.8, 4) is 17.2 Å². The van der Waals surface area contributed by atoms with Crippen molar-refractivity contribution in [2.45, 2.75) is 0 Å². The van der Waals surface area contributed by atoms with Gasteiger partial charge in [0.2, 0.25) is 6.79 Å². The first-order valence-electron chi connectivity index (χ1n) is 4.67. The zero-order valence-electron chi connectivity index (χ0n) is 8.01. The molecule has 0 fully saturated rings. The average Bonchev–Trinajstić information content (AvgIpc) is 2.85. The second-order valence-corrected chi connectivity index (χ2v) is 3.35. The molecular formula is C11H10N2O2. The largest absolute Gasteiger partial charge is 0.454 e. The Kier molecular flexibility index (Phi) is 1.62. The van der Waals surface area contributed by atoms with Crippen LogP contribution in [-0.4, -0.2) is 11.4 Å². The highest BCUT2D eigenvalue weighted by atomic mass is 16.7. The van der Waals surface area contributed by atoms with Gasteiger partial charge >= 0.3 is 0 Å². The molecule has 0 aliphatic carbocycles. The first-order chi connectivity index (χ1) is 7.34. The molecule has 0 bridgehead atoms. The van der Waals surface area contributed by atoms with Gasteiger partial charge in [-0.15, -0.1) is 0 Å². The zero-order valence-corrected chi connectivity index (χ0v) is 8.01. The normalized spacial score (nSPS) is 13.1. The topological polar surface area (TPSA) is 49.4 Å². The molecule has 15 heavy (non-hydrogen) atoms. The number of ether oxygens (including phenoxy) is 2. The molecule has 2 N–H and O–H groups in total. The summed E-state index contributed by atoms with van der Waals surface area (Å²) in [5.74, 6) is 1.45. The van der Waals surface area contributed by atoms with Gasteiger partial charge in [0.15, 0.2) is 11.5 Å². The van der Waals surface area contributed by atoms with E-state index >= 15 is 0 Å². The van der Waals surface area contributed by atoms with E-state index in [2.05, 4.69) is 0 Å². The van der Waals surface area contributed by atoms with E-state index < -0.39 is 0 Å². The molecule has 1 aromatic heterocycles. The number of hydrogen-bond donors (Lipinski definition) is 1. The lowest BCUT2D eigenvalue weighted by Gasteiger charge is -2.08. The number of fused-ring (bicyclic) bond motifs is 1. The number of anilines is 1. The van der Waals surface area contributed by atoms with E-state index in [1.54, 1.807) is 6.07 Å². The molecule has 2 heterocycles. The van der Waals surface area contributed by atoms with Crippen LogP contribution in [0.2, 0.25) is 0 Å². The van der Waals surface area contributed by atoms with E-state index in [-0.39, 0.29) is 6.79 Å². The third-order valence-electron chi connectivity index (χ3n) is 2.40. The van der Waals surface area contributed by atoms with Crippen LogP contribution in [-0.2, 0) is 0 Å². The highest BCUT2D eigenvalue weighted by Crippen LogP contribution is 2.37. The predicted molar refractivity (Wildman–Crippen MR) is 56.3 cm³/mol. The highest BCUT2D eigenvalue weighted by Gasteiger charge is 2.16. The van der Waals surface area contributed by atoms with Gasteiger partial charge in [-0.25, -0.2) is 0 Å². The number of aromatic nitrogens is 1. The van der Waals surface area contributed by atoms with Gasteiger partial charge in [0.25, 0.3) is 0 Å². The van der Waals surface area contributed by atoms with Crippen molar-refractivity contribution in [2.75, 3.05) is 12.5 Å². The summed E-state index contributed by atoms with van der Waals surface area (Å²) in [6, 6.07) is 7.57. The highest BCUT2D eigenvalue weighted by molar-refractivity contribution is 5.66. The lowest BCUT2D eigenvalue weighted by Crippen LogP contribution is -1.97. The molecule has 1 aliphatic heterocycles. The molecular weight excluding hydrogens is 192 g/mol. The molecule has 3 rings (SSSR count). The number of nitrogens with two attached hydrogens (primary N) is 1. The Morgan fingerprint density at radius 3 is 2.47 bits per heavy atom. The molecule has 0 atom stereocenters. The van der Waals surface area contributed by atoms with Crippen LogP contribution in [0.5, 0.6) is 11.5 Å². The minimum absolute atomic E-state index is 0.268. The van der Waals surface area contributed by atoms with Crippen molar-refractivity contribution in [1.82, 2.24) is 4.57 Å². The molecule has 2 aromatic rings. The van der Waals surface area contributed by atoms with E-state index in [0.717, 1.165) is 11.4 Å². The Morgan fingerprint density at radius 1 is 1.07 bits per heavy atom. The molecule has 0 saturated heterocycles. The maximum Gasteiger partial charge on any atom is 0.231 e. The molecule has 0 spiro atoms. The van der Waals surface area contributed by atoms with Crippen LogP contribution in [0.4, 0.5) is 5.69 Å². The number of benzene rings is 1. The number of nitrogens with zero attached hydrogens (tertiary/aromatic N) is 1. The molecule has 4 nitrogen and oxygen atoms in total. The van der Waals surface area contributed by atoms with Gasteiger partial charge < -0.3 is 19.8 Å². The van der Waals surface area contributed by atoms with Gasteiger partial charge in [-0.3, -0.25) is 0 Å². The van der Waals surface area contributed by atoms with Crippen molar-refractivity contribution in [3.05, 3.63) is 36.7 Å². The monoisotopic (exact) mass is 202 g/mol. The second-order valence-electron chi connectivity index (χ2n) is 3.35. The fourth-order valence-corrected chi connectivity index (χ4v) is 1.67. The Morgan fingerprint density at radius 2 is 1.73 bits per heavy atom. The molecule has 0 amide bonds. The van der Waals surface area contributed by atoms with Crippen LogP contribution in [0.1, 0.15) is 0 Å². The number of nitrogen functional groups attached to an aromatic ring is 1. The van der Waals surface area contributed by atoms with Crippen LogP contribution < -0.4 is 15.2 Å². The van der Waals surface area contributed by atoms with Crippen LogP contribution in [0.15, 0.2) is 36.7 Å². The summed E-state index contributed by atoms with van der Waals surface area (Å²) < 4.78 is 12.5. The van der Waals surface area contributed by atoms with Crippen LogP contribution >= 0.6 is 0 Å². The summed E-state index contributed by atoms with van der Waals surface area (Å²) in [5.41, 5.74) is 7.51. The third kappa shape index (κ3) is 1.22. The third-order valence-corrected chi connectivity index (χ3v) is 2.40. The summed E-state index contributed by atoms with van der Waals surface area (Å²) in [4.78, 5) is 0. The SMILES string of the molecule is Nc1cc2c(cc1-n1cccc1)OCO2. The van der Waals surface area contributed by atoms with Crippen LogP contribution in [0.3, 0.4) is 0 Å².